The van der Waals surface area contributed by atoms with E-state index in [9.17, 15) is 9.59 Å². The minimum atomic E-state index is -0.459. The number of carbonyl (C=O) groups excluding carboxylic acids is 1. The zero-order valence-corrected chi connectivity index (χ0v) is 22.4. The Kier molecular flexibility index (Phi) is 10.4. The molecule has 1 aromatic heterocycles. The van der Waals surface area contributed by atoms with Crippen LogP contribution >= 0.6 is 0 Å². The van der Waals surface area contributed by atoms with Gasteiger partial charge in [-0.1, -0.05) is 51.8 Å². The van der Waals surface area contributed by atoms with Gasteiger partial charge in [-0.15, -0.1) is 0 Å². The number of carbonyl (C=O) groups is 1. The van der Waals surface area contributed by atoms with Crippen LogP contribution in [0.1, 0.15) is 70.8 Å². The van der Waals surface area contributed by atoms with Crippen molar-refractivity contribution in [2.75, 3.05) is 13.7 Å². The van der Waals surface area contributed by atoms with Crippen LogP contribution in [0.2, 0.25) is 0 Å². The van der Waals surface area contributed by atoms with Gasteiger partial charge < -0.3 is 18.6 Å². The molecule has 3 aromatic rings. The van der Waals surface area contributed by atoms with Crippen LogP contribution in [0.3, 0.4) is 0 Å². The highest BCUT2D eigenvalue weighted by Crippen LogP contribution is 2.35. The summed E-state index contributed by atoms with van der Waals surface area (Å²) in [5.41, 5.74) is 2.42. The van der Waals surface area contributed by atoms with Crippen molar-refractivity contribution in [3.8, 4) is 22.6 Å². The number of methoxy groups -OCH3 is 1. The first kappa shape index (κ1) is 28.0. The summed E-state index contributed by atoms with van der Waals surface area (Å²) < 4.78 is 22.3. The predicted molar refractivity (Wildman–Crippen MR) is 148 cm³/mol. The molecule has 2 unspecified atom stereocenters. The van der Waals surface area contributed by atoms with Gasteiger partial charge in [0.05, 0.1) is 19.3 Å². The van der Waals surface area contributed by atoms with Crippen molar-refractivity contribution in [1.82, 2.24) is 0 Å². The maximum absolute atomic E-state index is 13.0. The van der Waals surface area contributed by atoms with Crippen molar-refractivity contribution in [1.29, 1.82) is 0 Å². The maximum Gasteiger partial charge on any atom is 0.344 e. The molecule has 3 rings (SSSR count). The molecule has 6 heteroatoms. The van der Waals surface area contributed by atoms with E-state index in [1.165, 1.54) is 24.8 Å². The maximum atomic E-state index is 13.0. The molecule has 0 aliphatic carbocycles. The lowest BCUT2D eigenvalue weighted by molar-refractivity contribution is -0.142. The Balaban J connectivity index is 1.79. The third kappa shape index (κ3) is 7.48. The zero-order valence-electron chi connectivity index (χ0n) is 22.4. The SMILES string of the molecule is C=CC(=O)OC(C)CCOc1ccc2cc(-c3ccc(C(CC)CCCCC)cc3OC)c(=O)oc2c1. The summed E-state index contributed by atoms with van der Waals surface area (Å²) in [6, 6.07) is 13.3. The molecular formula is C31H38O6. The van der Waals surface area contributed by atoms with Crippen LogP contribution in [0.25, 0.3) is 22.1 Å². The van der Waals surface area contributed by atoms with Gasteiger partial charge in [0, 0.05) is 29.5 Å². The molecule has 37 heavy (non-hydrogen) atoms. The number of unbranched alkanes of at least 4 members (excludes halogenated alkanes) is 2. The van der Waals surface area contributed by atoms with E-state index < -0.39 is 11.6 Å². The lowest BCUT2D eigenvalue weighted by Crippen LogP contribution is -2.16. The van der Waals surface area contributed by atoms with E-state index in [1.54, 1.807) is 20.1 Å². The Labute approximate surface area is 219 Å². The van der Waals surface area contributed by atoms with Crippen molar-refractivity contribution < 1.29 is 23.4 Å². The molecule has 0 N–H and O–H groups in total. The number of esters is 1. The Morgan fingerprint density at radius 2 is 1.86 bits per heavy atom. The third-order valence-electron chi connectivity index (χ3n) is 6.62. The van der Waals surface area contributed by atoms with Crippen LogP contribution in [0.4, 0.5) is 0 Å². The Hall–Kier alpha value is -3.54. The molecule has 0 radical (unpaired) electrons. The van der Waals surface area contributed by atoms with Gasteiger partial charge in [0.1, 0.15) is 23.2 Å². The van der Waals surface area contributed by atoms with Gasteiger partial charge in [0.2, 0.25) is 0 Å². The summed E-state index contributed by atoms with van der Waals surface area (Å²) >= 11 is 0. The van der Waals surface area contributed by atoms with Crippen molar-refractivity contribution >= 4 is 16.9 Å². The van der Waals surface area contributed by atoms with Gasteiger partial charge in [-0.25, -0.2) is 9.59 Å². The van der Waals surface area contributed by atoms with Crippen LogP contribution in [0.15, 0.2) is 64.3 Å². The van der Waals surface area contributed by atoms with Crippen LogP contribution in [0.5, 0.6) is 11.5 Å². The minimum Gasteiger partial charge on any atom is -0.496 e. The minimum absolute atomic E-state index is 0.295. The average molecular weight is 507 g/mol. The number of benzene rings is 2. The molecule has 2 atom stereocenters. The van der Waals surface area contributed by atoms with Crippen molar-refractivity contribution in [3.05, 3.63) is 71.1 Å². The van der Waals surface area contributed by atoms with Gasteiger partial charge in [0.25, 0.3) is 0 Å². The topological polar surface area (TPSA) is 75.0 Å². The number of rotatable bonds is 14. The number of hydrogen-bond donors (Lipinski definition) is 0. The van der Waals surface area contributed by atoms with E-state index in [1.807, 2.05) is 24.3 Å². The fourth-order valence-corrected chi connectivity index (χ4v) is 4.45. The fourth-order valence-electron chi connectivity index (χ4n) is 4.45. The zero-order chi connectivity index (χ0) is 26.8. The van der Waals surface area contributed by atoms with E-state index in [0.29, 0.717) is 47.2 Å². The quantitative estimate of drug-likeness (QED) is 0.0979. The van der Waals surface area contributed by atoms with E-state index in [2.05, 4.69) is 32.6 Å². The van der Waals surface area contributed by atoms with Crippen LogP contribution in [0, 0.1) is 0 Å². The summed E-state index contributed by atoms with van der Waals surface area (Å²) in [7, 11) is 1.63. The van der Waals surface area contributed by atoms with Gasteiger partial charge in [-0.2, -0.15) is 0 Å². The normalized spacial score (nSPS) is 12.6. The molecule has 6 nitrogen and oxygen atoms in total. The summed E-state index contributed by atoms with van der Waals surface area (Å²) in [4.78, 5) is 24.3. The van der Waals surface area contributed by atoms with Crippen molar-refractivity contribution in [2.24, 2.45) is 0 Å². The second kappa shape index (κ2) is 13.7. The molecule has 0 saturated carbocycles. The van der Waals surface area contributed by atoms with Crippen molar-refractivity contribution in [2.45, 2.75) is 71.3 Å². The molecule has 0 spiro atoms. The molecule has 198 valence electrons. The monoisotopic (exact) mass is 506 g/mol. The van der Waals surface area contributed by atoms with Gasteiger partial charge >= 0.3 is 11.6 Å². The summed E-state index contributed by atoms with van der Waals surface area (Å²) in [6.07, 6.45) is 7.22. The number of hydrogen-bond acceptors (Lipinski definition) is 6. The standard InChI is InChI=1S/C31H38O6/c1-6-9-10-11-22(7-2)23-13-15-26(29(19-23)34-5)27-18-24-12-14-25(20-28(24)37-31(27)33)35-17-16-21(4)36-30(32)8-3/h8,12-15,18-22H,3,6-7,9-11,16-17H2,1-2,4-5H3. The van der Waals surface area contributed by atoms with E-state index >= 15 is 0 Å². The third-order valence-corrected chi connectivity index (χ3v) is 6.62. The first-order chi connectivity index (χ1) is 17.9. The van der Waals surface area contributed by atoms with Gasteiger partial charge in [0.15, 0.2) is 0 Å². The van der Waals surface area contributed by atoms with Crippen LogP contribution in [-0.2, 0) is 9.53 Å². The molecule has 0 aliphatic rings. The molecule has 1 heterocycles. The molecule has 0 fully saturated rings. The molecule has 0 saturated heterocycles. The molecule has 0 amide bonds. The van der Waals surface area contributed by atoms with E-state index in [-0.39, 0.29) is 6.10 Å². The second-order valence-electron chi connectivity index (χ2n) is 9.30. The highest BCUT2D eigenvalue weighted by Gasteiger charge is 2.17. The number of ether oxygens (including phenoxy) is 3. The fraction of sp³-hybridized carbons (Fsp3) is 0.419. The summed E-state index contributed by atoms with van der Waals surface area (Å²) in [5.74, 6) is 1.25. The largest absolute Gasteiger partial charge is 0.496 e. The average Bonchev–Trinajstić information content (AvgIpc) is 2.90. The first-order valence-electron chi connectivity index (χ1n) is 13.1. The van der Waals surface area contributed by atoms with E-state index in [0.717, 1.165) is 24.3 Å². The lowest BCUT2D eigenvalue weighted by atomic mass is 9.89. The van der Waals surface area contributed by atoms with Gasteiger partial charge in [-0.05, 0) is 55.5 Å². The first-order valence-corrected chi connectivity index (χ1v) is 13.1. The molecule has 2 aromatic carbocycles. The van der Waals surface area contributed by atoms with Crippen LogP contribution in [-0.4, -0.2) is 25.8 Å². The molecule has 0 aliphatic heterocycles. The second-order valence-corrected chi connectivity index (χ2v) is 9.30. The highest BCUT2D eigenvalue weighted by atomic mass is 16.5. The lowest BCUT2D eigenvalue weighted by Gasteiger charge is -2.18. The Bertz CT molecular complexity index is 1260. The van der Waals surface area contributed by atoms with Crippen LogP contribution < -0.4 is 15.1 Å². The number of fused-ring (bicyclic) bond motifs is 1. The van der Waals surface area contributed by atoms with Gasteiger partial charge in [-0.3, -0.25) is 0 Å². The smallest absolute Gasteiger partial charge is 0.344 e. The predicted octanol–water partition coefficient (Wildman–Crippen LogP) is 7.43. The highest BCUT2D eigenvalue weighted by molar-refractivity contribution is 5.84. The molecule has 0 bridgehead atoms. The Morgan fingerprint density at radius 3 is 2.57 bits per heavy atom. The summed E-state index contributed by atoms with van der Waals surface area (Å²) in [6.45, 7) is 9.96. The summed E-state index contributed by atoms with van der Waals surface area (Å²) in [5, 5.41) is 0.785. The molecular weight excluding hydrogens is 468 g/mol. The van der Waals surface area contributed by atoms with Crippen molar-refractivity contribution in [3.63, 3.8) is 0 Å². The van der Waals surface area contributed by atoms with E-state index in [4.69, 9.17) is 18.6 Å². The Morgan fingerprint density at radius 1 is 1.05 bits per heavy atom.